The van der Waals surface area contributed by atoms with Crippen LogP contribution < -0.4 is 5.32 Å². The second-order valence-electron chi connectivity index (χ2n) is 3.93. The average molecular weight is 214 g/mol. The Morgan fingerprint density at radius 1 is 1.31 bits per heavy atom. The Morgan fingerprint density at radius 2 is 2.00 bits per heavy atom. The zero-order valence-electron chi connectivity index (χ0n) is 8.94. The summed E-state index contributed by atoms with van der Waals surface area (Å²) in [6.07, 6.45) is 6.83. The van der Waals surface area contributed by atoms with Gasteiger partial charge in [0.1, 0.15) is 6.29 Å². The van der Waals surface area contributed by atoms with E-state index in [1.807, 2.05) is 6.20 Å². The summed E-state index contributed by atoms with van der Waals surface area (Å²) >= 11 is 0. The standard InChI is InChI=1S/C13H14N2O/c14-13(7-8-15-12-5-6-12)11-3-1-10(9-16)2-4-11/h1-4,7-9,12,14-15H,5-6H2/b8-7-,14-13?. The minimum Gasteiger partial charge on any atom is -0.388 e. The summed E-state index contributed by atoms with van der Waals surface area (Å²) in [6, 6.07) is 7.63. The zero-order chi connectivity index (χ0) is 11.4. The molecule has 2 N–H and O–H groups in total. The molecule has 1 aromatic rings. The van der Waals surface area contributed by atoms with Gasteiger partial charge >= 0.3 is 0 Å². The van der Waals surface area contributed by atoms with Crippen LogP contribution in [0.25, 0.3) is 0 Å². The first-order chi connectivity index (χ1) is 7.79. The highest BCUT2D eigenvalue weighted by molar-refractivity contribution is 6.06. The summed E-state index contributed by atoms with van der Waals surface area (Å²) in [6.45, 7) is 0. The molecule has 0 bridgehead atoms. The van der Waals surface area contributed by atoms with Crippen molar-refractivity contribution in [3.63, 3.8) is 0 Å². The van der Waals surface area contributed by atoms with Crippen molar-refractivity contribution >= 4 is 12.0 Å². The molecule has 0 amide bonds. The van der Waals surface area contributed by atoms with Crippen molar-refractivity contribution in [2.75, 3.05) is 0 Å². The van der Waals surface area contributed by atoms with Crippen LogP contribution in [-0.4, -0.2) is 18.0 Å². The summed E-state index contributed by atoms with van der Waals surface area (Å²) in [4.78, 5) is 10.5. The first-order valence-electron chi connectivity index (χ1n) is 5.36. The van der Waals surface area contributed by atoms with Crippen LogP contribution in [0.2, 0.25) is 0 Å². The Bertz CT molecular complexity index is 416. The van der Waals surface area contributed by atoms with Crippen LogP contribution in [0.15, 0.2) is 36.5 Å². The van der Waals surface area contributed by atoms with Crippen molar-refractivity contribution in [1.29, 1.82) is 5.41 Å². The SMILES string of the molecule is N=C(/C=C\NC1CC1)c1ccc(C=O)cc1. The van der Waals surface area contributed by atoms with Gasteiger partial charge in [0.05, 0.1) is 5.71 Å². The van der Waals surface area contributed by atoms with Gasteiger partial charge in [-0.25, -0.2) is 0 Å². The molecule has 0 heterocycles. The summed E-state index contributed by atoms with van der Waals surface area (Å²) in [5.41, 5.74) is 1.90. The number of benzene rings is 1. The number of rotatable bonds is 5. The lowest BCUT2D eigenvalue weighted by molar-refractivity contribution is 0.112. The summed E-state index contributed by atoms with van der Waals surface area (Å²) < 4.78 is 0. The topological polar surface area (TPSA) is 53.0 Å². The number of hydrogen-bond acceptors (Lipinski definition) is 3. The van der Waals surface area contributed by atoms with Crippen molar-refractivity contribution in [2.45, 2.75) is 18.9 Å². The highest BCUT2D eigenvalue weighted by atomic mass is 16.1. The number of carbonyl (C=O) groups excluding carboxylic acids is 1. The van der Waals surface area contributed by atoms with Gasteiger partial charge in [-0.15, -0.1) is 0 Å². The van der Waals surface area contributed by atoms with E-state index in [1.165, 1.54) is 12.8 Å². The van der Waals surface area contributed by atoms with Crippen LogP contribution in [0.3, 0.4) is 0 Å². The molecule has 3 heteroatoms. The number of carbonyl (C=O) groups is 1. The highest BCUT2D eigenvalue weighted by Crippen LogP contribution is 2.18. The van der Waals surface area contributed by atoms with Gasteiger partial charge in [0.25, 0.3) is 0 Å². The van der Waals surface area contributed by atoms with Crippen LogP contribution in [0.1, 0.15) is 28.8 Å². The van der Waals surface area contributed by atoms with Gasteiger partial charge in [0, 0.05) is 11.6 Å². The van der Waals surface area contributed by atoms with E-state index in [9.17, 15) is 4.79 Å². The largest absolute Gasteiger partial charge is 0.388 e. The number of aldehydes is 1. The van der Waals surface area contributed by atoms with Crippen LogP contribution in [0.4, 0.5) is 0 Å². The lowest BCUT2D eigenvalue weighted by Crippen LogP contribution is -2.07. The van der Waals surface area contributed by atoms with E-state index in [1.54, 1.807) is 30.3 Å². The molecule has 0 unspecified atom stereocenters. The Hall–Kier alpha value is -1.90. The predicted molar refractivity (Wildman–Crippen MR) is 64.0 cm³/mol. The van der Waals surface area contributed by atoms with Crippen molar-refractivity contribution in [3.05, 3.63) is 47.7 Å². The van der Waals surface area contributed by atoms with Gasteiger partial charge in [0.2, 0.25) is 0 Å². The normalized spacial score (nSPS) is 15.0. The molecule has 16 heavy (non-hydrogen) atoms. The molecule has 2 rings (SSSR count). The second kappa shape index (κ2) is 4.75. The van der Waals surface area contributed by atoms with E-state index in [2.05, 4.69) is 5.32 Å². The molecule has 1 fully saturated rings. The lowest BCUT2D eigenvalue weighted by Gasteiger charge is -1.99. The van der Waals surface area contributed by atoms with Gasteiger partial charge in [-0.1, -0.05) is 24.3 Å². The Labute approximate surface area is 94.7 Å². The molecule has 1 saturated carbocycles. The fraction of sp³-hybridized carbons (Fsp3) is 0.231. The lowest BCUT2D eigenvalue weighted by atomic mass is 10.1. The Morgan fingerprint density at radius 3 is 2.56 bits per heavy atom. The predicted octanol–water partition coefficient (Wildman–Crippen LogP) is 2.13. The monoisotopic (exact) mass is 214 g/mol. The number of allylic oxidation sites excluding steroid dienone is 1. The smallest absolute Gasteiger partial charge is 0.150 e. The van der Waals surface area contributed by atoms with Gasteiger partial charge in [0.15, 0.2) is 0 Å². The fourth-order valence-corrected chi connectivity index (χ4v) is 1.35. The molecule has 82 valence electrons. The molecule has 0 radical (unpaired) electrons. The second-order valence-corrected chi connectivity index (χ2v) is 3.93. The van der Waals surface area contributed by atoms with Crippen molar-refractivity contribution in [3.8, 4) is 0 Å². The van der Waals surface area contributed by atoms with Crippen LogP contribution >= 0.6 is 0 Å². The average Bonchev–Trinajstić information content (AvgIpc) is 3.13. The number of hydrogen-bond donors (Lipinski definition) is 2. The third-order valence-electron chi connectivity index (χ3n) is 2.52. The molecule has 0 spiro atoms. The van der Waals surface area contributed by atoms with Crippen molar-refractivity contribution < 1.29 is 4.79 Å². The van der Waals surface area contributed by atoms with E-state index in [0.29, 0.717) is 17.3 Å². The maximum absolute atomic E-state index is 10.5. The third kappa shape index (κ3) is 2.79. The number of nitrogens with one attached hydrogen (secondary N) is 2. The van der Waals surface area contributed by atoms with Gasteiger partial charge in [-0.05, 0) is 30.7 Å². The molecular weight excluding hydrogens is 200 g/mol. The highest BCUT2D eigenvalue weighted by Gasteiger charge is 2.18. The Balaban J connectivity index is 1.96. The maximum Gasteiger partial charge on any atom is 0.150 e. The molecule has 0 aromatic heterocycles. The fourth-order valence-electron chi connectivity index (χ4n) is 1.35. The molecule has 1 aromatic carbocycles. The molecule has 1 aliphatic carbocycles. The van der Waals surface area contributed by atoms with E-state index in [4.69, 9.17) is 5.41 Å². The first-order valence-corrected chi connectivity index (χ1v) is 5.36. The van der Waals surface area contributed by atoms with Crippen LogP contribution in [0, 0.1) is 5.41 Å². The quantitative estimate of drug-likeness (QED) is 0.582. The molecular formula is C13H14N2O. The van der Waals surface area contributed by atoms with Crippen LogP contribution in [-0.2, 0) is 0 Å². The van der Waals surface area contributed by atoms with Crippen LogP contribution in [0.5, 0.6) is 0 Å². The zero-order valence-corrected chi connectivity index (χ0v) is 8.94. The summed E-state index contributed by atoms with van der Waals surface area (Å²) in [7, 11) is 0. The summed E-state index contributed by atoms with van der Waals surface area (Å²) in [5.74, 6) is 0. The van der Waals surface area contributed by atoms with E-state index >= 15 is 0 Å². The van der Waals surface area contributed by atoms with Crippen molar-refractivity contribution in [1.82, 2.24) is 5.32 Å². The first kappa shape index (κ1) is 10.6. The van der Waals surface area contributed by atoms with E-state index in [-0.39, 0.29) is 0 Å². The summed E-state index contributed by atoms with van der Waals surface area (Å²) in [5, 5.41) is 11.0. The van der Waals surface area contributed by atoms with Crippen molar-refractivity contribution in [2.24, 2.45) is 0 Å². The van der Waals surface area contributed by atoms with Gasteiger partial charge in [-0.2, -0.15) is 0 Å². The van der Waals surface area contributed by atoms with Gasteiger partial charge in [-0.3, -0.25) is 4.79 Å². The molecule has 3 nitrogen and oxygen atoms in total. The van der Waals surface area contributed by atoms with Gasteiger partial charge < -0.3 is 10.7 Å². The third-order valence-corrected chi connectivity index (χ3v) is 2.52. The minimum absolute atomic E-state index is 0.450. The maximum atomic E-state index is 10.5. The molecule has 1 aliphatic rings. The molecule has 0 atom stereocenters. The minimum atomic E-state index is 0.450. The molecule has 0 saturated heterocycles. The van der Waals surface area contributed by atoms with E-state index in [0.717, 1.165) is 11.8 Å². The molecule has 0 aliphatic heterocycles. The Kier molecular flexibility index (Phi) is 3.15. The van der Waals surface area contributed by atoms with E-state index < -0.39 is 0 Å².